The molecule has 2 aliphatic rings. The predicted octanol–water partition coefficient (Wildman–Crippen LogP) is 1.35. The lowest BCUT2D eigenvalue weighted by atomic mass is 9.87. The van der Waals surface area contributed by atoms with Crippen LogP contribution in [0.25, 0.3) is 0 Å². The minimum absolute atomic E-state index is 0.0510. The van der Waals surface area contributed by atoms with Crippen molar-refractivity contribution in [2.45, 2.75) is 38.9 Å². The molecule has 7 heteroatoms. The van der Waals surface area contributed by atoms with Crippen LogP contribution in [0, 0.1) is 6.92 Å². The molecule has 24 heavy (non-hydrogen) atoms. The van der Waals surface area contributed by atoms with Crippen LogP contribution in [0.15, 0.2) is 12.3 Å². The van der Waals surface area contributed by atoms with Crippen molar-refractivity contribution in [1.82, 2.24) is 24.6 Å². The second kappa shape index (κ2) is 5.37. The number of nitrogens with zero attached hydrogens (tertiary/aromatic N) is 5. The Hall–Kier alpha value is -2.28. The van der Waals surface area contributed by atoms with Crippen LogP contribution in [0.4, 0.5) is 0 Å². The molecular weight excluding hydrogens is 306 g/mol. The first-order chi connectivity index (χ1) is 11.5. The Morgan fingerprint density at radius 1 is 1.42 bits per heavy atom. The Kier molecular flexibility index (Phi) is 3.42. The molecule has 0 saturated carbocycles. The molecule has 1 fully saturated rings. The Labute approximate surface area is 140 Å². The Bertz CT molecular complexity index is 788. The summed E-state index contributed by atoms with van der Waals surface area (Å²) in [6, 6.07) is 1.82. The third-order valence-electron chi connectivity index (χ3n) is 4.88. The van der Waals surface area contributed by atoms with Gasteiger partial charge in [0.1, 0.15) is 11.4 Å². The van der Waals surface area contributed by atoms with Crippen LogP contribution in [0.5, 0.6) is 0 Å². The van der Waals surface area contributed by atoms with Crippen LogP contribution in [0.2, 0.25) is 0 Å². The number of fused-ring (bicyclic) bond motifs is 2. The van der Waals surface area contributed by atoms with Crippen molar-refractivity contribution in [3.63, 3.8) is 0 Å². The molecule has 4 rings (SSSR count). The molecule has 2 aromatic heterocycles. The van der Waals surface area contributed by atoms with E-state index in [1.165, 1.54) is 0 Å². The lowest BCUT2D eigenvalue weighted by molar-refractivity contribution is -0.126. The quantitative estimate of drug-likeness (QED) is 0.851. The molecule has 0 bridgehead atoms. The molecule has 0 atom stereocenters. The number of aryl methyl sites for hydroxylation is 3. The van der Waals surface area contributed by atoms with Gasteiger partial charge in [-0.1, -0.05) is 6.92 Å². The first-order valence-electron chi connectivity index (χ1n) is 8.31. The fraction of sp³-hybridized carbons (Fsp3) is 0.529. The third-order valence-corrected chi connectivity index (χ3v) is 4.88. The largest absolute Gasteiger partial charge is 0.360 e. The maximum atomic E-state index is 12.5. The van der Waals surface area contributed by atoms with Gasteiger partial charge >= 0.3 is 0 Å². The van der Waals surface area contributed by atoms with Crippen molar-refractivity contribution in [3.8, 4) is 0 Å². The van der Waals surface area contributed by atoms with Gasteiger partial charge in [-0.3, -0.25) is 9.48 Å². The van der Waals surface area contributed by atoms with Gasteiger partial charge < -0.3 is 9.64 Å². The van der Waals surface area contributed by atoms with E-state index in [4.69, 9.17) is 4.74 Å². The SMILES string of the molecule is CCCc1ncc2c(n1)COC21CN(C(=O)c2cc(C)n(C)n2)C1. The summed E-state index contributed by atoms with van der Waals surface area (Å²) >= 11 is 0. The molecular formula is C17H21N5O2. The molecule has 4 heterocycles. The fourth-order valence-electron chi connectivity index (χ4n) is 3.38. The predicted molar refractivity (Wildman–Crippen MR) is 86.3 cm³/mol. The summed E-state index contributed by atoms with van der Waals surface area (Å²) < 4.78 is 7.72. The van der Waals surface area contributed by atoms with Gasteiger partial charge in [-0.15, -0.1) is 0 Å². The molecule has 126 valence electrons. The summed E-state index contributed by atoms with van der Waals surface area (Å²) in [5.74, 6) is 0.818. The Balaban J connectivity index is 1.51. The molecule has 0 aromatic carbocycles. The zero-order valence-electron chi connectivity index (χ0n) is 14.2. The molecule has 0 N–H and O–H groups in total. The van der Waals surface area contributed by atoms with Crippen LogP contribution in [-0.2, 0) is 30.4 Å². The van der Waals surface area contributed by atoms with Crippen LogP contribution in [-0.4, -0.2) is 43.6 Å². The first-order valence-corrected chi connectivity index (χ1v) is 8.31. The molecule has 0 radical (unpaired) electrons. The van der Waals surface area contributed by atoms with Crippen LogP contribution in [0.3, 0.4) is 0 Å². The van der Waals surface area contributed by atoms with Crippen LogP contribution >= 0.6 is 0 Å². The van der Waals surface area contributed by atoms with Crippen molar-refractivity contribution in [2.24, 2.45) is 7.05 Å². The van der Waals surface area contributed by atoms with Gasteiger partial charge in [0.25, 0.3) is 5.91 Å². The highest BCUT2D eigenvalue weighted by Crippen LogP contribution is 2.42. The molecule has 7 nitrogen and oxygen atoms in total. The summed E-state index contributed by atoms with van der Waals surface area (Å²) in [5, 5.41) is 4.26. The highest BCUT2D eigenvalue weighted by Gasteiger charge is 2.53. The Morgan fingerprint density at radius 2 is 2.21 bits per heavy atom. The molecule has 2 aliphatic heterocycles. The fourth-order valence-corrected chi connectivity index (χ4v) is 3.38. The molecule has 1 spiro atoms. The van der Waals surface area contributed by atoms with Gasteiger partial charge in [0.15, 0.2) is 5.69 Å². The number of amides is 1. The van der Waals surface area contributed by atoms with E-state index in [-0.39, 0.29) is 5.91 Å². The molecule has 2 aromatic rings. The summed E-state index contributed by atoms with van der Waals surface area (Å²) in [6.07, 6.45) is 3.79. The minimum Gasteiger partial charge on any atom is -0.360 e. The standard InChI is InChI=1S/C17H21N5O2/c1-4-5-15-18-7-12-14(19-15)8-24-17(12)9-22(10-17)16(23)13-6-11(2)21(3)20-13/h6-7H,4-5,8-10H2,1-3H3. The average molecular weight is 327 g/mol. The van der Waals surface area contributed by atoms with E-state index in [2.05, 4.69) is 22.0 Å². The molecule has 0 aliphatic carbocycles. The minimum atomic E-state index is -0.431. The maximum Gasteiger partial charge on any atom is 0.274 e. The zero-order valence-corrected chi connectivity index (χ0v) is 14.2. The molecule has 0 unspecified atom stereocenters. The lowest BCUT2D eigenvalue weighted by Crippen LogP contribution is -2.61. The number of carbonyl (C=O) groups is 1. The molecule has 1 amide bonds. The van der Waals surface area contributed by atoms with E-state index in [1.807, 2.05) is 26.2 Å². The monoisotopic (exact) mass is 327 g/mol. The number of hydrogen-bond donors (Lipinski definition) is 0. The topological polar surface area (TPSA) is 73.1 Å². The number of rotatable bonds is 3. The van der Waals surface area contributed by atoms with Gasteiger partial charge in [0.05, 0.1) is 25.4 Å². The maximum absolute atomic E-state index is 12.5. The van der Waals surface area contributed by atoms with E-state index < -0.39 is 5.60 Å². The second-order valence-electron chi connectivity index (χ2n) is 6.64. The highest BCUT2D eigenvalue weighted by atomic mass is 16.5. The molecule has 1 saturated heterocycles. The van der Waals surface area contributed by atoms with E-state index in [0.29, 0.717) is 25.4 Å². The number of aromatic nitrogens is 4. The number of carbonyl (C=O) groups excluding carboxylic acids is 1. The summed E-state index contributed by atoms with van der Waals surface area (Å²) in [5.41, 5.74) is 3.02. The van der Waals surface area contributed by atoms with Crippen LogP contribution < -0.4 is 0 Å². The smallest absolute Gasteiger partial charge is 0.274 e. The number of ether oxygens (including phenoxy) is 1. The van der Waals surface area contributed by atoms with Gasteiger partial charge in [0.2, 0.25) is 0 Å². The first kappa shape index (κ1) is 15.3. The summed E-state index contributed by atoms with van der Waals surface area (Å²) in [6.45, 7) is 5.61. The van der Waals surface area contributed by atoms with Crippen LogP contribution in [0.1, 0.15) is 46.6 Å². The van der Waals surface area contributed by atoms with E-state index in [0.717, 1.165) is 35.6 Å². The summed E-state index contributed by atoms with van der Waals surface area (Å²) in [4.78, 5) is 23.4. The highest BCUT2D eigenvalue weighted by molar-refractivity contribution is 5.93. The van der Waals surface area contributed by atoms with Crippen molar-refractivity contribution < 1.29 is 9.53 Å². The number of likely N-dealkylation sites (tertiary alicyclic amines) is 1. The Morgan fingerprint density at radius 3 is 2.88 bits per heavy atom. The van der Waals surface area contributed by atoms with Gasteiger partial charge in [-0.05, 0) is 19.4 Å². The van der Waals surface area contributed by atoms with Crippen molar-refractivity contribution >= 4 is 5.91 Å². The number of hydrogen-bond acceptors (Lipinski definition) is 5. The van der Waals surface area contributed by atoms with Gasteiger partial charge in [-0.25, -0.2) is 9.97 Å². The van der Waals surface area contributed by atoms with Crippen molar-refractivity contribution in [2.75, 3.05) is 13.1 Å². The van der Waals surface area contributed by atoms with E-state index in [1.54, 1.807) is 9.58 Å². The van der Waals surface area contributed by atoms with Crippen molar-refractivity contribution in [3.05, 3.63) is 40.7 Å². The van der Waals surface area contributed by atoms with E-state index >= 15 is 0 Å². The van der Waals surface area contributed by atoms with Crippen molar-refractivity contribution in [1.29, 1.82) is 0 Å². The third kappa shape index (κ3) is 2.23. The summed E-state index contributed by atoms with van der Waals surface area (Å²) in [7, 11) is 1.84. The van der Waals surface area contributed by atoms with E-state index in [9.17, 15) is 4.79 Å². The van der Waals surface area contributed by atoms with Gasteiger partial charge in [-0.2, -0.15) is 5.10 Å². The second-order valence-corrected chi connectivity index (χ2v) is 6.64. The normalized spacial score (nSPS) is 17.9. The average Bonchev–Trinajstić information content (AvgIpc) is 3.06. The zero-order chi connectivity index (χ0) is 16.9. The van der Waals surface area contributed by atoms with Gasteiger partial charge in [0, 0.05) is 30.9 Å². The lowest BCUT2D eigenvalue weighted by Gasteiger charge is -2.46.